The van der Waals surface area contributed by atoms with Gasteiger partial charge in [0.2, 0.25) is 0 Å². The first-order valence-electron chi connectivity index (χ1n) is 9.18. The van der Waals surface area contributed by atoms with Crippen LogP contribution in [-0.2, 0) is 4.79 Å². The number of nitrogens with zero attached hydrogens (tertiary/aromatic N) is 1. The molecule has 0 spiro atoms. The number of rotatable bonds is 7. The van der Waals surface area contributed by atoms with E-state index >= 15 is 0 Å². The average Bonchev–Trinajstić information content (AvgIpc) is 3.21. The van der Waals surface area contributed by atoms with Crippen LogP contribution in [0.1, 0.15) is 34.8 Å². The Morgan fingerprint density at radius 1 is 1.14 bits per heavy atom. The van der Waals surface area contributed by atoms with Crippen molar-refractivity contribution in [2.24, 2.45) is 5.73 Å². The zero-order valence-corrected chi connectivity index (χ0v) is 17.1. The Kier molecular flexibility index (Phi) is 6.49. The number of nitrogens with two attached hydrogens (primary N) is 1. The standard InChI is InChI=1S/C21H23ClN2O5/c1-27-14-6-8-18(28-2)15(11-14)17-4-3-9-24(17)20(25)12-29-19-7-5-13(22)10-16(19)21(23)26/h5-8,10-11,17H,3-4,9,12H2,1-2H3,(H2,23,26)/t17-/m0/s1. The van der Waals surface area contributed by atoms with E-state index in [9.17, 15) is 9.59 Å². The van der Waals surface area contributed by atoms with Crippen molar-refractivity contribution < 1.29 is 23.8 Å². The number of hydrogen-bond acceptors (Lipinski definition) is 5. The number of ether oxygens (including phenoxy) is 3. The van der Waals surface area contributed by atoms with Crippen LogP contribution in [0.3, 0.4) is 0 Å². The average molecular weight is 419 g/mol. The van der Waals surface area contributed by atoms with Gasteiger partial charge in [-0.3, -0.25) is 9.59 Å². The first-order chi connectivity index (χ1) is 13.9. The molecule has 0 aliphatic carbocycles. The van der Waals surface area contributed by atoms with E-state index in [2.05, 4.69) is 0 Å². The SMILES string of the molecule is COc1ccc(OC)c([C@@H]2CCCN2C(=O)COc2ccc(Cl)cc2C(N)=O)c1. The minimum atomic E-state index is -0.671. The molecule has 29 heavy (non-hydrogen) atoms. The monoisotopic (exact) mass is 418 g/mol. The van der Waals surface area contributed by atoms with Crippen LogP contribution in [0.4, 0.5) is 0 Å². The topological polar surface area (TPSA) is 91.1 Å². The third kappa shape index (κ3) is 4.56. The van der Waals surface area contributed by atoms with Crippen LogP contribution in [0.2, 0.25) is 5.02 Å². The number of amides is 2. The van der Waals surface area contributed by atoms with E-state index < -0.39 is 5.91 Å². The molecule has 1 saturated heterocycles. The van der Waals surface area contributed by atoms with E-state index in [1.807, 2.05) is 18.2 Å². The van der Waals surface area contributed by atoms with E-state index in [0.29, 0.717) is 23.1 Å². The summed E-state index contributed by atoms with van der Waals surface area (Å²) in [7, 11) is 3.20. The van der Waals surface area contributed by atoms with Crippen molar-refractivity contribution in [2.75, 3.05) is 27.4 Å². The molecule has 0 saturated carbocycles. The molecule has 1 heterocycles. The molecule has 1 aliphatic rings. The molecule has 2 aromatic carbocycles. The molecule has 8 heteroatoms. The summed E-state index contributed by atoms with van der Waals surface area (Å²) in [6, 6.07) is 9.92. The van der Waals surface area contributed by atoms with Gasteiger partial charge in [-0.05, 0) is 49.2 Å². The molecular weight excluding hydrogens is 396 g/mol. The highest BCUT2D eigenvalue weighted by Gasteiger charge is 2.32. The van der Waals surface area contributed by atoms with Gasteiger partial charge < -0.3 is 24.8 Å². The number of primary amides is 1. The van der Waals surface area contributed by atoms with E-state index in [0.717, 1.165) is 18.4 Å². The predicted octanol–water partition coefficient (Wildman–Crippen LogP) is 3.20. The summed E-state index contributed by atoms with van der Waals surface area (Å²) in [6.45, 7) is 0.390. The molecule has 0 bridgehead atoms. The van der Waals surface area contributed by atoms with Crippen LogP contribution in [0.5, 0.6) is 17.2 Å². The van der Waals surface area contributed by atoms with Crippen molar-refractivity contribution in [2.45, 2.75) is 18.9 Å². The van der Waals surface area contributed by atoms with Crippen molar-refractivity contribution >= 4 is 23.4 Å². The molecule has 2 amide bonds. The normalized spacial score (nSPS) is 15.8. The number of hydrogen-bond donors (Lipinski definition) is 1. The van der Waals surface area contributed by atoms with Crippen LogP contribution in [0.15, 0.2) is 36.4 Å². The maximum absolute atomic E-state index is 12.9. The van der Waals surface area contributed by atoms with Crippen molar-refractivity contribution in [3.8, 4) is 17.2 Å². The summed E-state index contributed by atoms with van der Waals surface area (Å²) in [5, 5.41) is 0.363. The smallest absolute Gasteiger partial charge is 0.261 e. The molecule has 0 radical (unpaired) electrons. The van der Waals surface area contributed by atoms with Crippen molar-refractivity contribution in [3.63, 3.8) is 0 Å². The van der Waals surface area contributed by atoms with Gasteiger partial charge in [0.1, 0.15) is 17.2 Å². The Hall–Kier alpha value is -2.93. The van der Waals surface area contributed by atoms with E-state index in [4.69, 9.17) is 31.5 Å². The number of halogens is 1. The lowest BCUT2D eigenvalue weighted by Gasteiger charge is -2.26. The first-order valence-corrected chi connectivity index (χ1v) is 9.56. The fraction of sp³-hybridized carbons (Fsp3) is 0.333. The molecule has 0 unspecified atom stereocenters. The third-order valence-electron chi connectivity index (χ3n) is 4.93. The molecule has 0 aromatic heterocycles. The second kappa shape index (κ2) is 9.05. The Labute approximate surface area is 174 Å². The van der Waals surface area contributed by atoms with Crippen LogP contribution in [-0.4, -0.2) is 44.1 Å². The van der Waals surface area contributed by atoms with Gasteiger partial charge in [0, 0.05) is 17.1 Å². The molecule has 1 aliphatic heterocycles. The molecule has 2 aromatic rings. The second-order valence-electron chi connectivity index (χ2n) is 6.65. The van der Waals surface area contributed by atoms with Crippen molar-refractivity contribution in [1.82, 2.24) is 4.90 Å². The van der Waals surface area contributed by atoms with Crippen molar-refractivity contribution in [1.29, 1.82) is 0 Å². The highest BCUT2D eigenvalue weighted by atomic mass is 35.5. The number of methoxy groups -OCH3 is 2. The molecule has 1 fully saturated rings. The van der Waals surface area contributed by atoms with Gasteiger partial charge in [-0.25, -0.2) is 0 Å². The van der Waals surface area contributed by atoms with Gasteiger partial charge in [-0.2, -0.15) is 0 Å². The van der Waals surface area contributed by atoms with Crippen LogP contribution < -0.4 is 19.9 Å². The summed E-state index contributed by atoms with van der Waals surface area (Å²) < 4.78 is 16.4. The summed E-state index contributed by atoms with van der Waals surface area (Å²) in [5.74, 6) is 0.761. The summed E-state index contributed by atoms with van der Waals surface area (Å²) in [6.07, 6.45) is 1.67. The molecule has 7 nitrogen and oxygen atoms in total. The zero-order chi connectivity index (χ0) is 21.0. The molecule has 3 rings (SSSR count). The predicted molar refractivity (Wildman–Crippen MR) is 109 cm³/mol. The third-order valence-corrected chi connectivity index (χ3v) is 5.16. The number of likely N-dealkylation sites (tertiary alicyclic amines) is 1. The Morgan fingerprint density at radius 3 is 2.59 bits per heavy atom. The highest BCUT2D eigenvalue weighted by molar-refractivity contribution is 6.31. The Bertz CT molecular complexity index is 918. The van der Waals surface area contributed by atoms with Crippen molar-refractivity contribution in [3.05, 3.63) is 52.5 Å². The van der Waals surface area contributed by atoms with E-state index in [1.165, 1.54) is 12.1 Å². The lowest BCUT2D eigenvalue weighted by molar-refractivity contribution is -0.134. The summed E-state index contributed by atoms with van der Waals surface area (Å²) in [5.41, 5.74) is 6.40. The van der Waals surface area contributed by atoms with E-state index in [-0.39, 0.29) is 29.9 Å². The minimum absolute atomic E-state index is 0.137. The van der Waals surface area contributed by atoms with Crippen LogP contribution >= 0.6 is 11.6 Å². The van der Waals surface area contributed by atoms with Gasteiger partial charge in [-0.1, -0.05) is 11.6 Å². The van der Waals surface area contributed by atoms with E-state index in [1.54, 1.807) is 25.2 Å². The number of carbonyl (C=O) groups is 2. The quantitative estimate of drug-likeness (QED) is 0.745. The lowest BCUT2D eigenvalue weighted by Crippen LogP contribution is -2.34. The Balaban J connectivity index is 1.77. The lowest BCUT2D eigenvalue weighted by atomic mass is 10.0. The first kappa shape index (κ1) is 20.8. The highest BCUT2D eigenvalue weighted by Crippen LogP contribution is 2.39. The van der Waals surface area contributed by atoms with Gasteiger partial charge in [0.15, 0.2) is 6.61 Å². The van der Waals surface area contributed by atoms with Gasteiger partial charge >= 0.3 is 0 Å². The summed E-state index contributed by atoms with van der Waals surface area (Å²) >= 11 is 5.91. The van der Waals surface area contributed by atoms with Gasteiger partial charge in [-0.15, -0.1) is 0 Å². The van der Waals surface area contributed by atoms with Crippen LogP contribution in [0.25, 0.3) is 0 Å². The molecule has 2 N–H and O–H groups in total. The number of benzene rings is 2. The summed E-state index contributed by atoms with van der Waals surface area (Å²) in [4.78, 5) is 26.3. The Morgan fingerprint density at radius 2 is 1.90 bits per heavy atom. The molecule has 154 valence electrons. The maximum Gasteiger partial charge on any atom is 0.261 e. The largest absolute Gasteiger partial charge is 0.497 e. The number of carbonyl (C=O) groups excluding carboxylic acids is 2. The zero-order valence-electron chi connectivity index (χ0n) is 16.3. The molecular formula is C21H23ClN2O5. The minimum Gasteiger partial charge on any atom is -0.497 e. The van der Waals surface area contributed by atoms with Crippen LogP contribution in [0, 0.1) is 0 Å². The fourth-order valence-electron chi connectivity index (χ4n) is 3.53. The van der Waals surface area contributed by atoms with Gasteiger partial charge in [0.05, 0.1) is 25.8 Å². The maximum atomic E-state index is 12.9. The second-order valence-corrected chi connectivity index (χ2v) is 7.08. The molecule has 1 atom stereocenters. The fourth-order valence-corrected chi connectivity index (χ4v) is 3.70. The van der Waals surface area contributed by atoms with Gasteiger partial charge in [0.25, 0.3) is 11.8 Å².